The molecule has 2 rings (SSSR count). The van der Waals surface area contributed by atoms with Crippen molar-refractivity contribution < 1.29 is 35.4 Å². The summed E-state index contributed by atoms with van der Waals surface area (Å²) in [5.74, 6) is -5.76. The predicted molar refractivity (Wildman–Crippen MR) is 74.0 cm³/mol. The topological polar surface area (TPSA) is 138 Å². The van der Waals surface area contributed by atoms with E-state index in [1.807, 2.05) is 0 Å². The van der Waals surface area contributed by atoms with Crippen LogP contribution in [-0.4, -0.2) is 36.4 Å². The molecule has 0 atom stereocenters. The molecule has 0 amide bonds. The third-order valence-corrected chi connectivity index (χ3v) is 3.42. The largest absolute Gasteiger partial charge is 0.504 e. The van der Waals surface area contributed by atoms with Crippen LogP contribution < -0.4 is 0 Å². The molecule has 2 aromatic carbocycles. The van der Waals surface area contributed by atoms with Crippen LogP contribution in [0.1, 0.15) is 15.9 Å². The van der Waals surface area contributed by atoms with Gasteiger partial charge < -0.3 is 30.6 Å². The van der Waals surface area contributed by atoms with Gasteiger partial charge >= 0.3 is 0 Å². The molecular formula is C13H9BrO7. The molecule has 0 aliphatic carbocycles. The lowest BCUT2D eigenvalue weighted by Crippen LogP contribution is -2.03. The van der Waals surface area contributed by atoms with Crippen molar-refractivity contribution in [2.75, 3.05) is 0 Å². The third kappa shape index (κ3) is 2.29. The highest BCUT2D eigenvalue weighted by molar-refractivity contribution is 9.10. The van der Waals surface area contributed by atoms with E-state index >= 15 is 0 Å². The van der Waals surface area contributed by atoms with Crippen molar-refractivity contribution in [2.24, 2.45) is 0 Å². The average Bonchev–Trinajstić information content (AvgIpc) is 2.46. The maximum atomic E-state index is 12.2. The van der Waals surface area contributed by atoms with E-state index in [1.54, 1.807) is 0 Å². The van der Waals surface area contributed by atoms with Crippen molar-refractivity contribution in [2.45, 2.75) is 0 Å². The van der Waals surface area contributed by atoms with E-state index in [2.05, 4.69) is 15.9 Å². The number of phenolic OH excluding ortho intramolecular Hbond substituents is 6. The fourth-order valence-electron chi connectivity index (χ4n) is 1.69. The standard InChI is InChI=1S/C13H9BrO7/c14-6-3-5(10(18)13(21)11(6)19)8(16)4-1-2-7(15)12(20)9(4)17/h1-3,15,17-21H. The Balaban J connectivity index is 2.64. The molecule has 0 radical (unpaired) electrons. The number of carbonyl (C=O) groups excluding carboxylic acids is 1. The number of rotatable bonds is 2. The van der Waals surface area contributed by atoms with Crippen LogP contribution >= 0.6 is 15.9 Å². The molecule has 7 nitrogen and oxygen atoms in total. The van der Waals surface area contributed by atoms with E-state index in [1.165, 1.54) is 0 Å². The molecule has 0 aliphatic rings. The summed E-state index contributed by atoms with van der Waals surface area (Å²) in [6, 6.07) is 3.05. The van der Waals surface area contributed by atoms with Gasteiger partial charge in [-0.3, -0.25) is 4.79 Å². The number of hydrogen-bond acceptors (Lipinski definition) is 7. The first-order valence-electron chi connectivity index (χ1n) is 5.47. The van der Waals surface area contributed by atoms with Crippen LogP contribution in [0.2, 0.25) is 0 Å². The summed E-state index contributed by atoms with van der Waals surface area (Å²) in [6.07, 6.45) is 0. The van der Waals surface area contributed by atoms with Crippen LogP contribution in [0, 0.1) is 0 Å². The normalized spacial score (nSPS) is 10.5. The zero-order valence-electron chi connectivity index (χ0n) is 10.2. The van der Waals surface area contributed by atoms with Crippen LogP contribution in [0.15, 0.2) is 22.7 Å². The van der Waals surface area contributed by atoms with Gasteiger partial charge in [0.15, 0.2) is 23.0 Å². The molecule has 0 bridgehead atoms. The number of aromatic hydroxyl groups is 6. The molecule has 110 valence electrons. The first-order valence-corrected chi connectivity index (χ1v) is 6.27. The summed E-state index contributed by atoms with van der Waals surface area (Å²) in [5, 5.41) is 56.9. The Kier molecular flexibility index (Phi) is 3.56. The second-order valence-corrected chi connectivity index (χ2v) is 4.96. The molecule has 0 saturated carbocycles. The summed E-state index contributed by atoms with van der Waals surface area (Å²) >= 11 is 2.89. The SMILES string of the molecule is O=C(c1ccc(O)c(O)c1O)c1cc(Br)c(O)c(O)c1O. The smallest absolute Gasteiger partial charge is 0.202 e. The van der Waals surface area contributed by atoms with E-state index in [0.717, 1.165) is 18.2 Å². The van der Waals surface area contributed by atoms with Crippen LogP contribution in [0.25, 0.3) is 0 Å². The minimum absolute atomic E-state index is 0.0522. The first kappa shape index (κ1) is 14.8. The van der Waals surface area contributed by atoms with Crippen LogP contribution in [0.4, 0.5) is 0 Å². The van der Waals surface area contributed by atoms with Crippen molar-refractivity contribution in [3.8, 4) is 34.5 Å². The Morgan fingerprint density at radius 2 is 1.33 bits per heavy atom. The van der Waals surface area contributed by atoms with Gasteiger partial charge in [0.05, 0.1) is 15.6 Å². The molecule has 0 aliphatic heterocycles. The highest BCUT2D eigenvalue weighted by Gasteiger charge is 2.25. The summed E-state index contributed by atoms with van der Waals surface area (Å²) < 4.78 is -0.0522. The lowest BCUT2D eigenvalue weighted by molar-refractivity contribution is 0.103. The third-order valence-electron chi connectivity index (χ3n) is 2.82. The lowest BCUT2D eigenvalue weighted by atomic mass is 10.00. The minimum atomic E-state index is -0.934. The number of carbonyl (C=O) groups is 1. The molecule has 2 aromatic rings. The predicted octanol–water partition coefficient (Wildman–Crippen LogP) is 1.91. The monoisotopic (exact) mass is 356 g/mol. The number of halogens is 1. The van der Waals surface area contributed by atoms with Gasteiger partial charge in [0, 0.05) is 0 Å². The quantitative estimate of drug-likeness (QED) is 0.357. The van der Waals surface area contributed by atoms with Gasteiger partial charge in [0.1, 0.15) is 0 Å². The number of phenols is 6. The summed E-state index contributed by atoms with van der Waals surface area (Å²) in [7, 11) is 0. The van der Waals surface area contributed by atoms with E-state index in [9.17, 15) is 35.4 Å². The van der Waals surface area contributed by atoms with Gasteiger partial charge in [-0.05, 0) is 34.1 Å². The fourth-order valence-corrected chi connectivity index (χ4v) is 2.10. The van der Waals surface area contributed by atoms with E-state index < -0.39 is 51.4 Å². The van der Waals surface area contributed by atoms with Crippen molar-refractivity contribution in [1.29, 1.82) is 0 Å². The van der Waals surface area contributed by atoms with Gasteiger partial charge in [-0.1, -0.05) is 0 Å². The Morgan fingerprint density at radius 1 is 0.762 bits per heavy atom. The summed E-state index contributed by atoms with van der Waals surface area (Å²) in [4.78, 5) is 12.2. The summed E-state index contributed by atoms with van der Waals surface area (Å²) in [6.45, 7) is 0. The zero-order chi connectivity index (χ0) is 15.9. The molecule has 0 heterocycles. The Bertz CT molecular complexity index is 755. The van der Waals surface area contributed by atoms with Crippen LogP contribution in [-0.2, 0) is 0 Å². The Labute approximate surface area is 126 Å². The molecule has 8 heteroatoms. The molecule has 0 fully saturated rings. The van der Waals surface area contributed by atoms with Crippen molar-refractivity contribution in [3.05, 3.63) is 33.8 Å². The Morgan fingerprint density at radius 3 is 1.95 bits per heavy atom. The van der Waals surface area contributed by atoms with Gasteiger partial charge in [-0.15, -0.1) is 0 Å². The highest BCUT2D eigenvalue weighted by atomic mass is 79.9. The maximum Gasteiger partial charge on any atom is 0.202 e. The lowest BCUT2D eigenvalue weighted by Gasteiger charge is -2.10. The minimum Gasteiger partial charge on any atom is -0.504 e. The average molecular weight is 357 g/mol. The molecule has 0 aromatic heterocycles. The Hall–Kier alpha value is -2.61. The number of hydrogen-bond donors (Lipinski definition) is 6. The van der Waals surface area contributed by atoms with Gasteiger partial charge in [0.2, 0.25) is 17.3 Å². The van der Waals surface area contributed by atoms with Gasteiger partial charge in [-0.2, -0.15) is 0 Å². The summed E-state index contributed by atoms with van der Waals surface area (Å²) in [5.41, 5.74) is -0.824. The molecular weight excluding hydrogens is 348 g/mol. The van der Waals surface area contributed by atoms with E-state index in [0.29, 0.717) is 0 Å². The molecule has 0 saturated heterocycles. The highest BCUT2D eigenvalue weighted by Crippen LogP contribution is 2.45. The first-order chi connectivity index (χ1) is 9.75. The van der Waals surface area contributed by atoms with E-state index in [4.69, 9.17) is 0 Å². The van der Waals surface area contributed by atoms with Gasteiger partial charge in [-0.25, -0.2) is 0 Å². The number of ketones is 1. The van der Waals surface area contributed by atoms with Crippen molar-refractivity contribution in [3.63, 3.8) is 0 Å². The van der Waals surface area contributed by atoms with E-state index in [-0.39, 0.29) is 4.47 Å². The van der Waals surface area contributed by atoms with Crippen molar-refractivity contribution >= 4 is 21.7 Å². The fraction of sp³-hybridized carbons (Fsp3) is 0. The second-order valence-electron chi connectivity index (χ2n) is 4.11. The molecule has 0 spiro atoms. The van der Waals surface area contributed by atoms with Crippen LogP contribution in [0.3, 0.4) is 0 Å². The van der Waals surface area contributed by atoms with Gasteiger partial charge in [0.25, 0.3) is 0 Å². The second kappa shape index (κ2) is 5.06. The maximum absolute atomic E-state index is 12.2. The number of benzene rings is 2. The molecule has 6 N–H and O–H groups in total. The molecule has 21 heavy (non-hydrogen) atoms. The van der Waals surface area contributed by atoms with Crippen LogP contribution in [0.5, 0.6) is 34.5 Å². The molecule has 0 unspecified atom stereocenters. The zero-order valence-corrected chi connectivity index (χ0v) is 11.8. The van der Waals surface area contributed by atoms with Crippen molar-refractivity contribution in [1.82, 2.24) is 0 Å².